The Morgan fingerprint density at radius 2 is 2.12 bits per heavy atom. The summed E-state index contributed by atoms with van der Waals surface area (Å²) in [6.07, 6.45) is 4.58. The fraction of sp³-hybridized carbons (Fsp3) is 0.217. The number of carbonyl (C=O) groups is 1. The molecule has 0 spiro atoms. The second-order valence-electron chi connectivity index (χ2n) is 7.42. The maximum atomic E-state index is 11.8. The highest BCUT2D eigenvalue weighted by molar-refractivity contribution is 9.10. The smallest absolute Gasteiger partial charge is 0.413 e. The zero-order valence-electron chi connectivity index (χ0n) is 18.0. The fourth-order valence-corrected chi connectivity index (χ4v) is 5.57. The van der Waals surface area contributed by atoms with Crippen LogP contribution in [0, 0.1) is 0 Å². The number of ether oxygens (including phenoxy) is 2. The number of anilines is 1. The first-order valence-electron chi connectivity index (χ1n) is 10.2. The van der Waals surface area contributed by atoms with E-state index >= 15 is 0 Å². The molecular weight excluding hydrogens is 506 g/mol. The minimum absolute atomic E-state index is 0.479. The van der Waals surface area contributed by atoms with Crippen LogP contribution >= 0.6 is 27.3 Å². The van der Waals surface area contributed by atoms with E-state index in [1.807, 2.05) is 41.2 Å². The van der Waals surface area contributed by atoms with Gasteiger partial charge in [-0.3, -0.25) is 10.3 Å². The minimum atomic E-state index is -0.541. The van der Waals surface area contributed by atoms with Gasteiger partial charge >= 0.3 is 6.09 Å². The normalized spacial score (nSPS) is 12.2. The van der Waals surface area contributed by atoms with Crippen molar-refractivity contribution in [3.05, 3.63) is 64.0 Å². The van der Waals surface area contributed by atoms with Gasteiger partial charge in [-0.2, -0.15) is 5.10 Å². The monoisotopic (exact) mass is 525 g/mol. The quantitative estimate of drug-likeness (QED) is 0.382. The molecule has 0 atom stereocenters. The molecule has 0 saturated heterocycles. The first-order valence-corrected chi connectivity index (χ1v) is 11.9. The summed E-state index contributed by atoms with van der Waals surface area (Å²) in [7, 11) is 3.01. The second-order valence-corrected chi connectivity index (χ2v) is 9.22. The Hall–Kier alpha value is -3.08. The average molecular weight is 526 g/mol. The Labute approximate surface area is 202 Å². The van der Waals surface area contributed by atoms with E-state index in [0.29, 0.717) is 11.7 Å². The first-order chi connectivity index (χ1) is 16.1. The van der Waals surface area contributed by atoms with Crippen molar-refractivity contribution >= 4 is 38.5 Å². The van der Waals surface area contributed by atoms with E-state index in [9.17, 15) is 4.79 Å². The van der Waals surface area contributed by atoms with Gasteiger partial charge < -0.3 is 9.47 Å². The molecule has 0 bridgehead atoms. The van der Waals surface area contributed by atoms with Crippen LogP contribution in [0.2, 0.25) is 0 Å². The van der Waals surface area contributed by atoms with Gasteiger partial charge in [0.2, 0.25) is 0 Å². The lowest BCUT2D eigenvalue weighted by Gasteiger charge is -2.16. The predicted molar refractivity (Wildman–Crippen MR) is 130 cm³/mol. The number of hydrogen-bond acceptors (Lipinski definition) is 7. The molecule has 0 fully saturated rings. The van der Waals surface area contributed by atoms with Crippen LogP contribution in [0.15, 0.2) is 47.2 Å². The average Bonchev–Trinajstić information content (AvgIpc) is 3.42. The Balaban J connectivity index is 1.73. The number of hydrogen-bond donors (Lipinski definition) is 1. The standard InChI is InChI=1S/C23H20BrN5O3S/c1-31-12-14-5-3-7-17(18(14)24)29-20-15(19(28-29)13-6-4-10-25-11-13)8-9-16-21(20)33-22(26-16)27-23(30)32-2/h3-7,10-11H,8-9,12H2,1-2H3,(H,26,27,30). The molecular formula is C23H20BrN5O3S. The SMILES string of the molecule is COCc1cccc(-n2nc(-c3cccnc3)c3c2-c2sc(NC(=O)OC)nc2CC3)c1Br. The van der Waals surface area contributed by atoms with Crippen molar-refractivity contribution in [1.82, 2.24) is 19.7 Å². The number of pyridine rings is 1. The van der Waals surface area contributed by atoms with E-state index in [2.05, 4.69) is 31.2 Å². The zero-order chi connectivity index (χ0) is 22.9. The lowest BCUT2D eigenvalue weighted by molar-refractivity contribution is 0.184. The van der Waals surface area contributed by atoms with Crippen LogP contribution in [-0.2, 0) is 28.9 Å². The van der Waals surface area contributed by atoms with E-state index in [1.54, 1.807) is 13.3 Å². The van der Waals surface area contributed by atoms with Crippen LogP contribution in [0.4, 0.5) is 9.93 Å². The van der Waals surface area contributed by atoms with Gasteiger partial charge in [0.15, 0.2) is 5.13 Å². The number of nitrogens with zero attached hydrogens (tertiary/aromatic N) is 4. The van der Waals surface area contributed by atoms with Crippen LogP contribution in [0.1, 0.15) is 16.8 Å². The number of fused-ring (bicyclic) bond motifs is 3. The number of thiazole rings is 1. The Morgan fingerprint density at radius 3 is 2.88 bits per heavy atom. The summed E-state index contributed by atoms with van der Waals surface area (Å²) >= 11 is 5.18. The Bertz CT molecular complexity index is 1340. The van der Waals surface area contributed by atoms with Crippen LogP contribution in [-0.4, -0.2) is 40.1 Å². The molecule has 4 aromatic rings. The summed E-state index contributed by atoms with van der Waals surface area (Å²) in [6, 6.07) is 9.96. The lowest BCUT2D eigenvalue weighted by Crippen LogP contribution is -2.10. The third-order valence-corrected chi connectivity index (χ3v) is 7.36. The van der Waals surface area contributed by atoms with Gasteiger partial charge in [0.05, 0.1) is 41.4 Å². The summed E-state index contributed by atoms with van der Waals surface area (Å²) < 4.78 is 13.0. The first kappa shape index (κ1) is 21.7. The van der Waals surface area contributed by atoms with Crippen molar-refractivity contribution in [3.8, 4) is 27.5 Å². The van der Waals surface area contributed by atoms with Crippen LogP contribution < -0.4 is 5.32 Å². The van der Waals surface area contributed by atoms with Gasteiger partial charge in [0.1, 0.15) is 0 Å². The Kier molecular flexibility index (Phi) is 5.96. The number of aromatic nitrogens is 4. The topological polar surface area (TPSA) is 91.2 Å². The molecule has 1 amide bonds. The van der Waals surface area contributed by atoms with Gasteiger partial charge in [-0.25, -0.2) is 14.5 Å². The number of amides is 1. The summed E-state index contributed by atoms with van der Waals surface area (Å²) in [5, 5.41) is 8.25. The van der Waals surface area contributed by atoms with Crippen molar-refractivity contribution in [1.29, 1.82) is 0 Å². The largest absolute Gasteiger partial charge is 0.453 e. The third-order valence-electron chi connectivity index (χ3n) is 5.42. The number of rotatable bonds is 5. The van der Waals surface area contributed by atoms with Gasteiger partial charge in [-0.05, 0) is 52.5 Å². The molecule has 33 heavy (non-hydrogen) atoms. The van der Waals surface area contributed by atoms with Crippen molar-refractivity contribution in [2.24, 2.45) is 0 Å². The number of aryl methyl sites for hydroxylation is 1. The number of benzene rings is 1. The number of nitrogens with one attached hydrogen (secondary N) is 1. The minimum Gasteiger partial charge on any atom is -0.453 e. The fourth-order valence-electron chi connectivity index (χ4n) is 3.97. The Morgan fingerprint density at radius 1 is 1.24 bits per heavy atom. The van der Waals surface area contributed by atoms with Crippen LogP contribution in [0.3, 0.4) is 0 Å². The van der Waals surface area contributed by atoms with Gasteiger partial charge in [-0.15, -0.1) is 0 Å². The number of halogens is 1. The van der Waals surface area contributed by atoms with Crippen molar-refractivity contribution in [3.63, 3.8) is 0 Å². The van der Waals surface area contributed by atoms with E-state index in [4.69, 9.17) is 14.6 Å². The third kappa shape index (κ3) is 3.94. The number of methoxy groups -OCH3 is 2. The number of carbonyl (C=O) groups excluding carboxylic acids is 1. The zero-order valence-corrected chi connectivity index (χ0v) is 20.4. The van der Waals surface area contributed by atoms with Crippen LogP contribution in [0.25, 0.3) is 27.5 Å². The molecule has 3 heterocycles. The van der Waals surface area contributed by atoms with Crippen molar-refractivity contribution in [2.75, 3.05) is 19.5 Å². The van der Waals surface area contributed by atoms with Crippen molar-refractivity contribution in [2.45, 2.75) is 19.4 Å². The maximum Gasteiger partial charge on any atom is 0.413 e. The highest BCUT2D eigenvalue weighted by Gasteiger charge is 2.30. The highest BCUT2D eigenvalue weighted by atomic mass is 79.9. The molecule has 0 radical (unpaired) electrons. The van der Waals surface area contributed by atoms with Gasteiger partial charge in [-0.1, -0.05) is 23.5 Å². The second kappa shape index (κ2) is 9.05. The molecule has 0 unspecified atom stereocenters. The van der Waals surface area contributed by atoms with Crippen LogP contribution in [0.5, 0.6) is 0 Å². The maximum absolute atomic E-state index is 11.8. The summed E-state index contributed by atoms with van der Waals surface area (Å²) in [5.41, 5.74) is 6.81. The van der Waals surface area contributed by atoms with Gasteiger partial charge in [0.25, 0.3) is 0 Å². The molecule has 1 aliphatic rings. The predicted octanol–water partition coefficient (Wildman–Crippen LogP) is 5.24. The molecule has 1 N–H and O–H groups in total. The summed E-state index contributed by atoms with van der Waals surface area (Å²) in [6.45, 7) is 0.479. The lowest BCUT2D eigenvalue weighted by atomic mass is 9.95. The molecule has 5 rings (SSSR count). The highest BCUT2D eigenvalue weighted by Crippen LogP contribution is 2.45. The van der Waals surface area contributed by atoms with E-state index in [0.717, 1.165) is 61.7 Å². The molecule has 168 valence electrons. The molecule has 1 aromatic carbocycles. The van der Waals surface area contributed by atoms with E-state index in [1.165, 1.54) is 18.4 Å². The molecule has 10 heteroatoms. The summed E-state index contributed by atoms with van der Waals surface area (Å²) in [5.74, 6) is 0. The molecule has 0 saturated carbocycles. The van der Waals surface area contributed by atoms with Gasteiger partial charge in [0, 0.05) is 35.1 Å². The molecule has 0 aliphatic heterocycles. The van der Waals surface area contributed by atoms with E-state index < -0.39 is 6.09 Å². The molecule has 3 aromatic heterocycles. The van der Waals surface area contributed by atoms with Crippen molar-refractivity contribution < 1.29 is 14.3 Å². The summed E-state index contributed by atoms with van der Waals surface area (Å²) in [4.78, 5) is 21.7. The van der Waals surface area contributed by atoms with E-state index in [-0.39, 0.29) is 0 Å². The molecule has 1 aliphatic carbocycles. The molecule has 8 nitrogen and oxygen atoms in total.